The summed E-state index contributed by atoms with van der Waals surface area (Å²) in [5.74, 6) is 0.178. The Balaban J connectivity index is 0.00000324. The van der Waals surface area contributed by atoms with Crippen LogP contribution in [-0.4, -0.2) is 56.9 Å². The van der Waals surface area contributed by atoms with Crippen molar-refractivity contribution < 1.29 is 22.7 Å². The smallest absolute Gasteiger partial charge is 0.362 e. The highest BCUT2D eigenvalue weighted by molar-refractivity contribution is 5.85. The van der Waals surface area contributed by atoms with Crippen LogP contribution in [0, 0.1) is 5.92 Å². The van der Waals surface area contributed by atoms with E-state index in [1.165, 1.54) is 0 Å². The Morgan fingerprint density at radius 3 is 2.42 bits per heavy atom. The highest BCUT2D eigenvalue weighted by atomic mass is 35.5. The van der Waals surface area contributed by atoms with Crippen LogP contribution in [0.15, 0.2) is 0 Å². The fourth-order valence-corrected chi connectivity index (χ4v) is 2.02. The Kier molecular flexibility index (Phi) is 8.36. The highest BCUT2D eigenvalue weighted by Crippen LogP contribution is 2.17. The molecule has 0 aromatic carbocycles. The van der Waals surface area contributed by atoms with E-state index in [2.05, 4.69) is 10.1 Å². The summed E-state index contributed by atoms with van der Waals surface area (Å²) in [6.07, 6.45) is -2.61. The number of rotatable bonds is 5. The molecule has 0 aliphatic carbocycles. The van der Waals surface area contributed by atoms with Gasteiger partial charge in [0.15, 0.2) is 0 Å². The minimum Gasteiger partial charge on any atom is -0.362 e. The van der Waals surface area contributed by atoms with E-state index in [0.717, 1.165) is 19.4 Å². The van der Waals surface area contributed by atoms with Crippen LogP contribution in [0.3, 0.4) is 0 Å². The molecule has 114 valence electrons. The first-order chi connectivity index (χ1) is 8.42. The van der Waals surface area contributed by atoms with Gasteiger partial charge in [0.2, 0.25) is 5.91 Å². The van der Waals surface area contributed by atoms with E-state index in [-0.39, 0.29) is 18.3 Å². The fraction of sp³-hybridized carbons (Fsp3) is 0.909. The van der Waals surface area contributed by atoms with Gasteiger partial charge >= 0.3 is 6.18 Å². The zero-order valence-electron chi connectivity index (χ0n) is 10.8. The van der Waals surface area contributed by atoms with Crippen LogP contribution in [0.1, 0.15) is 12.8 Å². The van der Waals surface area contributed by atoms with Crippen LogP contribution >= 0.6 is 12.4 Å². The third-order valence-corrected chi connectivity index (χ3v) is 2.95. The summed E-state index contributed by atoms with van der Waals surface area (Å²) in [5, 5.41) is 3.08. The van der Waals surface area contributed by atoms with E-state index in [0.29, 0.717) is 19.0 Å². The van der Waals surface area contributed by atoms with Crippen LogP contribution < -0.4 is 5.32 Å². The minimum atomic E-state index is -4.37. The number of ether oxygens (including phenoxy) is 1. The summed E-state index contributed by atoms with van der Waals surface area (Å²) in [5.41, 5.74) is 0. The zero-order valence-corrected chi connectivity index (χ0v) is 11.6. The Labute approximate surface area is 117 Å². The lowest BCUT2D eigenvalue weighted by atomic mass is 9.97. The lowest BCUT2D eigenvalue weighted by Crippen LogP contribution is -2.42. The summed E-state index contributed by atoms with van der Waals surface area (Å²) in [7, 11) is 1.88. The van der Waals surface area contributed by atoms with Gasteiger partial charge in [0.05, 0.1) is 0 Å². The maximum atomic E-state index is 11.8. The third kappa shape index (κ3) is 7.59. The molecule has 1 aliphatic heterocycles. The molecule has 1 rings (SSSR count). The first-order valence-electron chi connectivity index (χ1n) is 5.99. The second-order valence-electron chi connectivity index (χ2n) is 4.49. The van der Waals surface area contributed by atoms with E-state index in [9.17, 15) is 18.0 Å². The van der Waals surface area contributed by atoms with Crippen LogP contribution in [0.2, 0.25) is 0 Å². The van der Waals surface area contributed by atoms with Crippen molar-refractivity contribution in [1.82, 2.24) is 10.2 Å². The number of hydrogen-bond donors (Lipinski definition) is 1. The number of hydrogen-bond acceptors (Lipinski definition) is 3. The number of alkyl halides is 3. The molecule has 0 spiro atoms. The van der Waals surface area contributed by atoms with Crippen molar-refractivity contribution in [3.8, 4) is 0 Å². The number of carbonyl (C=O) groups excluding carboxylic acids is 1. The van der Waals surface area contributed by atoms with Crippen molar-refractivity contribution in [2.24, 2.45) is 5.92 Å². The Morgan fingerprint density at radius 1 is 1.37 bits per heavy atom. The van der Waals surface area contributed by atoms with Crippen LogP contribution in [-0.2, 0) is 9.53 Å². The molecule has 0 bridgehead atoms. The zero-order chi connectivity index (χ0) is 13.6. The van der Waals surface area contributed by atoms with Crippen molar-refractivity contribution in [3.63, 3.8) is 0 Å². The van der Waals surface area contributed by atoms with E-state index >= 15 is 0 Å². The predicted octanol–water partition coefficient (Wildman–Crippen LogP) is 1.45. The Hall–Kier alpha value is -0.530. The standard InChI is InChI=1S/C11H19F3N2O2.ClH/c1-15-6-9-2-4-16(5-3-9)10(17)7-18-8-11(12,13)14;/h9,15H,2-8H2,1H3;1H. The predicted molar refractivity (Wildman–Crippen MR) is 67.4 cm³/mol. The summed E-state index contributed by atoms with van der Waals surface area (Å²) in [6, 6.07) is 0. The number of halogens is 4. The van der Waals surface area contributed by atoms with Crippen molar-refractivity contribution >= 4 is 18.3 Å². The molecule has 19 heavy (non-hydrogen) atoms. The third-order valence-electron chi connectivity index (χ3n) is 2.95. The molecule has 0 saturated carbocycles. The van der Waals surface area contributed by atoms with Gasteiger partial charge in [0.1, 0.15) is 13.2 Å². The van der Waals surface area contributed by atoms with Crippen molar-refractivity contribution in [3.05, 3.63) is 0 Å². The lowest BCUT2D eigenvalue weighted by molar-refractivity contribution is -0.178. The average Bonchev–Trinajstić information content (AvgIpc) is 2.28. The normalized spacial score (nSPS) is 17.2. The van der Waals surface area contributed by atoms with E-state index in [1.807, 2.05) is 7.05 Å². The first kappa shape index (κ1) is 18.5. The van der Waals surface area contributed by atoms with E-state index < -0.39 is 19.4 Å². The van der Waals surface area contributed by atoms with E-state index in [1.54, 1.807) is 4.90 Å². The molecular weight excluding hydrogens is 285 g/mol. The number of nitrogens with one attached hydrogen (secondary N) is 1. The molecule has 8 heteroatoms. The number of amides is 1. The topological polar surface area (TPSA) is 41.6 Å². The number of piperidine rings is 1. The van der Waals surface area contributed by atoms with Crippen molar-refractivity contribution in [2.45, 2.75) is 19.0 Å². The lowest BCUT2D eigenvalue weighted by Gasteiger charge is -2.31. The molecule has 4 nitrogen and oxygen atoms in total. The minimum absolute atomic E-state index is 0. The molecule has 1 saturated heterocycles. The van der Waals surface area contributed by atoms with Gasteiger partial charge in [-0.25, -0.2) is 0 Å². The van der Waals surface area contributed by atoms with E-state index in [4.69, 9.17) is 0 Å². The Morgan fingerprint density at radius 2 is 1.95 bits per heavy atom. The van der Waals surface area contributed by atoms with Gasteiger partial charge in [-0.15, -0.1) is 12.4 Å². The number of nitrogens with zero attached hydrogens (tertiary/aromatic N) is 1. The summed E-state index contributed by atoms with van der Waals surface area (Å²) in [4.78, 5) is 13.1. The second kappa shape index (κ2) is 8.60. The van der Waals surface area contributed by atoms with Gasteiger partial charge < -0.3 is 15.0 Å². The maximum absolute atomic E-state index is 11.8. The van der Waals surface area contributed by atoms with Crippen LogP contribution in [0.5, 0.6) is 0 Å². The monoisotopic (exact) mass is 304 g/mol. The molecule has 1 N–H and O–H groups in total. The molecule has 0 aromatic heterocycles. The molecule has 1 fully saturated rings. The van der Waals surface area contributed by atoms with Gasteiger partial charge in [-0.3, -0.25) is 4.79 Å². The SMILES string of the molecule is CNCC1CCN(C(=O)COCC(F)(F)F)CC1.Cl. The molecule has 0 unspecified atom stereocenters. The van der Waals surface area contributed by atoms with Gasteiger partial charge in [-0.05, 0) is 32.4 Å². The molecule has 1 heterocycles. The molecule has 0 aromatic rings. The molecule has 0 atom stereocenters. The van der Waals surface area contributed by atoms with Gasteiger partial charge in [-0.1, -0.05) is 0 Å². The summed E-state index contributed by atoms with van der Waals surface area (Å²) >= 11 is 0. The van der Waals surface area contributed by atoms with Crippen LogP contribution in [0.25, 0.3) is 0 Å². The largest absolute Gasteiger partial charge is 0.411 e. The quantitative estimate of drug-likeness (QED) is 0.836. The van der Waals surface area contributed by atoms with Gasteiger partial charge in [0.25, 0.3) is 0 Å². The Bertz CT molecular complexity index is 269. The number of likely N-dealkylation sites (tertiary alicyclic amines) is 1. The van der Waals surface area contributed by atoms with Crippen molar-refractivity contribution in [1.29, 1.82) is 0 Å². The number of carbonyl (C=O) groups is 1. The molecule has 1 aliphatic rings. The highest BCUT2D eigenvalue weighted by Gasteiger charge is 2.29. The molecule has 1 amide bonds. The molecular formula is C11H20ClF3N2O2. The second-order valence-corrected chi connectivity index (χ2v) is 4.49. The average molecular weight is 305 g/mol. The molecule has 0 radical (unpaired) electrons. The van der Waals surface area contributed by atoms with Gasteiger partial charge in [-0.2, -0.15) is 13.2 Å². The van der Waals surface area contributed by atoms with Gasteiger partial charge in [0, 0.05) is 13.1 Å². The van der Waals surface area contributed by atoms with Crippen molar-refractivity contribution in [2.75, 3.05) is 39.9 Å². The first-order valence-corrected chi connectivity index (χ1v) is 5.99. The summed E-state index contributed by atoms with van der Waals surface area (Å²) < 4.78 is 39.8. The van der Waals surface area contributed by atoms with Crippen LogP contribution in [0.4, 0.5) is 13.2 Å². The fourth-order valence-electron chi connectivity index (χ4n) is 2.02. The maximum Gasteiger partial charge on any atom is 0.411 e. The summed E-state index contributed by atoms with van der Waals surface area (Å²) in [6.45, 7) is 0.249.